The largest absolute Gasteiger partial charge is 0.490 e. The van der Waals surface area contributed by atoms with Gasteiger partial charge in [-0.25, -0.2) is 27.3 Å². The summed E-state index contributed by atoms with van der Waals surface area (Å²) in [4.78, 5) is 49.3. The van der Waals surface area contributed by atoms with Crippen LogP contribution in [0.15, 0.2) is 11.0 Å². The number of phosphoric acid groups is 3. The number of aromatic nitrogens is 2. The molecule has 1 fully saturated rings. The van der Waals surface area contributed by atoms with Crippen LogP contribution in [0.2, 0.25) is 0 Å². The molecule has 0 aliphatic carbocycles. The van der Waals surface area contributed by atoms with Crippen LogP contribution in [0.25, 0.3) is 0 Å². The molecule has 21 heteroatoms. The highest BCUT2D eigenvalue weighted by Gasteiger charge is 2.58. The van der Waals surface area contributed by atoms with E-state index in [2.05, 4.69) is 25.4 Å². The highest BCUT2D eigenvalue weighted by atomic mass is 32.1. The molecule has 0 radical (unpaired) electrons. The van der Waals surface area contributed by atoms with E-state index in [0.717, 1.165) is 0 Å². The van der Waals surface area contributed by atoms with Crippen LogP contribution in [0.3, 0.4) is 0 Å². The number of halogens is 2. The number of nitrogens with zero attached hydrogens (tertiary/aromatic N) is 1. The molecule has 0 saturated carbocycles. The summed E-state index contributed by atoms with van der Waals surface area (Å²) in [5, 5.41) is 10.4. The first-order valence-electron chi connectivity index (χ1n) is 7.70. The van der Waals surface area contributed by atoms with E-state index in [4.69, 9.17) is 25.8 Å². The molecule has 0 amide bonds. The first-order valence-corrected chi connectivity index (χ1v) is 12.6. The minimum Gasteiger partial charge on any atom is -0.371 e. The van der Waals surface area contributed by atoms with Gasteiger partial charge >= 0.3 is 29.2 Å². The van der Waals surface area contributed by atoms with E-state index < -0.39 is 70.3 Å². The van der Waals surface area contributed by atoms with Gasteiger partial charge in [-0.3, -0.25) is 14.1 Å². The molecule has 6 N–H and O–H groups in total. The molecule has 2 heterocycles. The van der Waals surface area contributed by atoms with Crippen LogP contribution in [0.1, 0.15) is 6.23 Å². The van der Waals surface area contributed by atoms with Crippen molar-refractivity contribution in [3.63, 3.8) is 0 Å². The van der Waals surface area contributed by atoms with Gasteiger partial charge in [-0.2, -0.15) is 8.62 Å². The van der Waals surface area contributed by atoms with Crippen LogP contribution in [0.4, 0.5) is 8.78 Å². The summed E-state index contributed by atoms with van der Waals surface area (Å²) >= 11 is 4.51. The van der Waals surface area contributed by atoms with Crippen molar-refractivity contribution >= 4 is 35.7 Å². The highest BCUT2D eigenvalue weighted by molar-refractivity contribution is 7.71. The number of nitrogens with one attached hydrogen (secondary N) is 1. The Morgan fingerprint density at radius 3 is 2.41 bits per heavy atom. The topological polar surface area (TPSA) is 227 Å². The average molecular weight is 544 g/mol. The van der Waals surface area contributed by atoms with Crippen molar-refractivity contribution in [3.05, 3.63) is 27.1 Å². The lowest BCUT2D eigenvalue weighted by molar-refractivity contribution is -0.0748. The Labute approximate surface area is 181 Å². The molecule has 0 spiro atoms. The summed E-state index contributed by atoms with van der Waals surface area (Å²) in [7, 11) is -17.1. The Hall–Kier alpha value is -1.15. The average Bonchev–Trinajstić information content (AvgIpc) is 2.85. The van der Waals surface area contributed by atoms with Gasteiger partial charge in [0.15, 0.2) is 18.2 Å². The van der Waals surface area contributed by atoms with Crippen molar-refractivity contribution in [3.8, 4) is 12.3 Å². The predicted molar refractivity (Wildman–Crippen MR) is 98.3 cm³/mol. The fourth-order valence-corrected chi connectivity index (χ4v) is 5.59. The normalized spacial score (nSPS) is 29.8. The summed E-state index contributed by atoms with van der Waals surface area (Å²) < 4.78 is 78.0. The summed E-state index contributed by atoms with van der Waals surface area (Å²) in [6.07, 6.45) is -1.22. The maximum Gasteiger partial charge on any atom is 0.490 e. The lowest BCUT2D eigenvalue weighted by Gasteiger charge is -2.25. The summed E-state index contributed by atoms with van der Waals surface area (Å²) in [6, 6.07) is 0. The maximum atomic E-state index is 14.7. The van der Waals surface area contributed by atoms with Crippen LogP contribution >= 0.6 is 35.7 Å². The molecule has 180 valence electrons. The lowest BCUT2D eigenvalue weighted by atomic mass is 9.96. The molecule has 3 unspecified atom stereocenters. The van der Waals surface area contributed by atoms with Gasteiger partial charge in [0, 0.05) is 0 Å². The number of ether oxygens (including phenoxy) is 1. The van der Waals surface area contributed by atoms with Crippen molar-refractivity contribution < 1.29 is 65.0 Å². The minimum absolute atomic E-state index is 0.322. The Morgan fingerprint density at radius 2 is 1.88 bits per heavy atom. The van der Waals surface area contributed by atoms with E-state index in [1.807, 2.05) is 4.98 Å². The zero-order valence-electron chi connectivity index (χ0n) is 15.0. The molecule has 15 nitrogen and oxygen atoms in total. The fraction of sp³-hybridized carbons (Fsp3) is 0.455. The third-order valence-electron chi connectivity index (χ3n) is 3.65. The number of rotatable bonds is 8. The third-order valence-corrected chi connectivity index (χ3v) is 7.75. The van der Waals surface area contributed by atoms with E-state index in [0.29, 0.717) is 10.8 Å². The number of terminal acetylenes is 1. The van der Waals surface area contributed by atoms with Gasteiger partial charge in [0.05, 0.1) is 12.8 Å². The second-order valence-corrected chi connectivity index (χ2v) is 10.8. The van der Waals surface area contributed by atoms with Crippen LogP contribution in [-0.2, 0) is 31.6 Å². The molecule has 1 saturated heterocycles. The van der Waals surface area contributed by atoms with Crippen LogP contribution < -0.4 is 5.69 Å². The minimum atomic E-state index is -5.84. The SMILES string of the molecule is C#CC1(O)[C@@H](F)[C@@H](COP(=O)(O)OP(=O)(O)OP(=O)(O)O)O[C@H]1n1cc(F)c(=S)[nH]c1=O. The molecule has 2 rings (SSSR count). The Bertz CT molecular complexity index is 1190. The van der Waals surface area contributed by atoms with Crippen LogP contribution in [0, 0.1) is 22.8 Å². The van der Waals surface area contributed by atoms with E-state index in [-0.39, 0.29) is 0 Å². The molecule has 32 heavy (non-hydrogen) atoms. The molecular formula is C11H13F2N2O13P3S. The van der Waals surface area contributed by atoms with E-state index >= 15 is 0 Å². The standard InChI is InChI=1S/C11H13F2N2O13P3S/c1-2-11(17)7(13)6(26-9(11)15-3-5(12)8(32)14-10(15)16)4-25-30(21,22)28-31(23,24)27-29(18,19)20/h1,3,6-7,9,17H,4H2,(H,21,22)(H,23,24)(H,14,16,32)(H2,18,19,20)/t6-,7+,9-,11?/m1/s1. The molecule has 1 aromatic heterocycles. The second-order valence-electron chi connectivity index (χ2n) is 5.93. The van der Waals surface area contributed by atoms with E-state index in [1.165, 1.54) is 0 Å². The van der Waals surface area contributed by atoms with Crippen molar-refractivity contribution in [1.29, 1.82) is 0 Å². The first-order chi connectivity index (χ1) is 14.4. The predicted octanol–water partition coefficient (Wildman–Crippen LogP) is -0.0119. The molecular weight excluding hydrogens is 531 g/mol. The van der Waals surface area contributed by atoms with Gasteiger partial charge in [-0.1, -0.05) is 18.1 Å². The quantitative estimate of drug-likeness (QED) is 0.144. The first kappa shape index (κ1) is 27.1. The molecule has 0 bridgehead atoms. The maximum absolute atomic E-state index is 14.7. The number of H-pyrrole nitrogens is 1. The van der Waals surface area contributed by atoms with Crippen LogP contribution in [0.5, 0.6) is 0 Å². The Balaban J connectivity index is 2.23. The number of aliphatic hydroxyl groups is 1. The third kappa shape index (κ3) is 6.25. The second kappa shape index (κ2) is 9.24. The number of aromatic amines is 1. The number of alkyl halides is 1. The summed E-state index contributed by atoms with van der Waals surface area (Å²) in [5.41, 5.74) is -4.10. The summed E-state index contributed by atoms with van der Waals surface area (Å²) in [5.74, 6) is 0.443. The van der Waals surface area contributed by atoms with Gasteiger partial charge < -0.3 is 29.4 Å². The zero-order valence-corrected chi connectivity index (χ0v) is 18.5. The monoisotopic (exact) mass is 544 g/mol. The van der Waals surface area contributed by atoms with Gasteiger partial charge in [0.2, 0.25) is 5.60 Å². The molecule has 6 atom stereocenters. The fourth-order valence-electron chi connectivity index (χ4n) is 2.42. The van der Waals surface area contributed by atoms with Crippen LogP contribution in [-0.4, -0.2) is 58.7 Å². The Morgan fingerprint density at radius 1 is 1.28 bits per heavy atom. The van der Waals surface area contributed by atoms with Gasteiger partial charge in [0.25, 0.3) is 0 Å². The number of hydrogen-bond donors (Lipinski definition) is 6. The van der Waals surface area contributed by atoms with E-state index in [1.54, 1.807) is 5.92 Å². The molecule has 1 aliphatic rings. The van der Waals surface area contributed by atoms with E-state index in [9.17, 15) is 37.3 Å². The highest BCUT2D eigenvalue weighted by Crippen LogP contribution is 2.66. The van der Waals surface area contributed by atoms with Gasteiger partial charge in [-0.15, -0.1) is 6.42 Å². The summed E-state index contributed by atoms with van der Waals surface area (Å²) in [6.45, 7) is -1.33. The number of phosphoric ester groups is 1. The van der Waals surface area contributed by atoms with Gasteiger partial charge in [-0.05, 0) is 0 Å². The molecule has 1 aliphatic heterocycles. The zero-order chi connectivity index (χ0) is 24.7. The van der Waals surface area contributed by atoms with Crippen molar-refractivity contribution in [2.24, 2.45) is 0 Å². The smallest absolute Gasteiger partial charge is 0.371 e. The number of hydrogen-bond acceptors (Lipinski definition) is 10. The van der Waals surface area contributed by atoms with Crippen molar-refractivity contribution in [2.75, 3.05) is 6.61 Å². The molecule has 1 aromatic rings. The van der Waals surface area contributed by atoms with Gasteiger partial charge in [0.1, 0.15) is 10.7 Å². The lowest BCUT2D eigenvalue weighted by Crippen LogP contribution is -2.45. The van der Waals surface area contributed by atoms with Crippen molar-refractivity contribution in [1.82, 2.24) is 9.55 Å². The Kier molecular flexibility index (Phi) is 7.83. The molecule has 0 aromatic carbocycles. The van der Waals surface area contributed by atoms with Crippen molar-refractivity contribution in [2.45, 2.75) is 24.1 Å².